The Morgan fingerprint density at radius 1 is 1.26 bits per heavy atom. The summed E-state index contributed by atoms with van der Waals surface area (Å²) in [5, 5.41) is 4.81. The molecule has 1 aliphatic rings. The number of fused-ring (bicyclic) bond motifs is 1. The van der Waals surface area contributed by atoms with Gasteiger partial charge in [0.2, 0.25) is 0 Å². The SMILES string of the molecule is CCNC(c1cc2cc(C(C)C)ccc2o1)C1CC1. The van der Waals surface area contributed by atoms with E-state index in [4.69, 9.17) is 4.42 Å². The molecule has 102 valence electrons. The van der Waals surface area contributed by atoms with Crippen LogP contribution in [0.15, 0.2) is 28.7 Å². The molecule has 0 amide bonds. The molecule has 1 atom stereocenters. The topological polar surface area (TPSA) is 25.2 Å². The van der Waals surface area contributed by atoms with Crippen molar-refractivity contribution in [1.82, 2.24) is 5.32 Å². The van der Waals surface area contributed by atoms with E-state index in [0.29, 0.717) is 12.0 Å². The van der Waals surface area contributed by atoms with Crippen molar-refractivity contribution in [2.45, 2.75) is 45.6 Å². The number of benzene rings is 1. The minimum absolute atomic E-state index is 0.403. The van der Waals surface area contributed by atoms with Gasteiger partial charge in [0, 0.05) is 5.39 Å². The molecule has 1 saturated carbocycles. The molecule has 2 aromatic rings. The smallest absolute Gasteiger partial charge is 0.134 e. The van der Waals surface area contributed by atoms with E-state index in [1.54, 1.807) is 0 Å². The Hall–Kier alpha value is -1.28. The van der Waals surface area contributed by atoms with Crippen LogP contribution in [0.1, 0.15) is 56.9 Å². The number of nitrogens with one attached hydrogen (secondary N) is 1. The first-order valence-electron chi connectivity index (χ1n) is 7.45. The van der Waals surface area contributed by atoms with E-state index < -0.39 is 0 Å². The first-order valence-corrected chi connectivity index (χ1v) is 7.45. The van der Waals surface area contributed by atoms with Crippen LogP contribution in [0.3, 0.4) is 0 Å². The van der Waals surface area contributed by atoms with Crippen LogP contribution in [0.2, 0.25) is 0 Å². The van der Waals surface area contributed by atoms with E-state index in [1.807, 2.05) is 0 Å². The maximum atomic E-state index is 6.06. The summed E-state index contributed by atoms with van der Waals surface area (Å²) in [7, 11) is 0. The highest BCUT2D eigenvalue weighted by Crippen LogP contribution is 2.42. The molecule has 2 nitrogen and oxygen atoms in total. The summed E-state index contributed by atoms with van der Waals surface area (Å²) in [6, 6.07) is 9.19. The van der Waals surface area contributed by atoms with Gasteiger partial charge in [0.15, 0.2) is 0 Å². The van der Waals surface area contributed by atoms with E-state index >= 15 is 0 Å². The lowest BCUT2D eigenvalue weighted by atomic mass is 10.0. The second-order valence-electron chi connectivity index (χ2n) is 5.97. The van der Waals surface area contributed by atoms with Gasteiger partial charge in [0.1, 0.15) is 11.3 Å². The van der Waals surface area contributed by atoms with Crippen LogP contribution in [0.5, 0.6) is 0 Å². The molecule has 1 aliphatic carbocycles. The monoisotopic (exact) mass is 257 g/mol. The van der Waals surface area contributed by atoms with Gasteiger partial charge in [-0.2, -0.15) is 0 Å². The average molecular weight is 257 g/mol. The fourth-order valence-corrected chi connectivity index (χ4v) is 2.74. The number of hydrogen-bond acceptors (Lipinski definition) is 2. The molecule has 0 radical (unpaired) electrons. The fraction of sp³-hybridized carbons (Fsp3) is 0.529. The Balaban J connectivity index is 1.95. The van der Waals surface area contributed by atoms with Crippen molar-refractivity contribution < 1.29 is 4.42 Å². The van der Waals surface area contributed by atoms with Gasteiger partial charge < -0.3 is 9.73 Å². The standard InChI is InChI=1S/C17H23NO/c1-4-18-17(12-5-6-12)16-10-14-9-13(11(2)3)7-8-15(14)19-16/h7-12,17-18H,4-6H2,1-3H3. The zero-order chi connectivity index (χ0) is 13.4. The summed E-state index contributed by atoms with van der Waals surface area (Å²) >= 11 is 0. The van der Waals surface area contributed by atoms with E-state index in [0.717, 1.165) is 23.8 Å². The molecular weight excluding hydrogens is 234 g/mol. The van der Waals surface area contributed by atoms with Crippen molar-refractivity contribution in [3.8, 4) is 0 Å². The molecule has 1 fully saturated rings. The number of furan rings is 1. The van der Waals surface area contributed by atoms with E-state index in [2.05, 4.69) is 50.4 Å². The van der Waals surface area contributed by atoms with Gasteiger partial charge in [0.25, 0.3) is 0 Å². The van der Waals surface area contributed by atoms with Crippen LogP contribution < -0.4 is 5.32 Å². The summed E-state index contributed by atoms with van der Waals surface area (Å²) in [4.78, 5) is 0. The summed E-state index contributed by atoms with van der Waals surface area (Å²) in [5.41, 5.74) is 2.40. The lowest BCUT2D eigenvalue weighted by Crippen LogP contribution is -2.21. The van der Waals surface area contributed by atoms with Crippen molar-refractivity contribution in [2.24, 2.45) is 5.92 Å². The van der Waals surface area contributed by atoms with Crippen molar-refractivity contribution >= 4 is 11.0 Å². The summed E-state index contributed by atoms with van der Waals surface area (Å²) in [5.74, 6) is 2.45. The molecule has 3 rings (SSSR count). The van der Waals surface area contributed by atoms with E-state index in [9.17, 15) is 0 Å². The zero-order valence-corrected chi connectivity index (χ0v) is 12.1. The Morgan fingerprint density at radius 2 is 2.05 bits per heavy atom. The van der Waals surface area contributed by atoms with Crippen LogP contribution in [-0.4, -0.2) is 6.54 Å². The Kier molecular flexibility index (Phi) is 3.36. The molecular formula is C17H23NO. The highest BCUT2D eigenvalue weighted by molar-refractivity contribution is 5.79. The van der Waals surface area contributed by atoms with Crippen molar-refractivity contribution in [3.05, 3.63) is 35.6 Å². The van der Waals surface area contributed by atoms with Crippen molar-refractivity contribution in [3.63, 3.8) is 0 Å². The summed E-state index contributed by atoms with van der Waals surface area (Å²) in [6.45, 7) is 7.62. The van der Waals surface area contributed by atoms with Gasteiger partial charge in [0.05, 0.1) is 6.04 Å². The van der Waals surface area contributed by atoms with Gasteiger partial charge >= 0.3 is 0 Å². The van der Waals surface area contributed by atoms with E-state index in [1.165, 1.54) is 23.8 Å². The van der Waals surface area contributed by atoms with Gasteiger partial charge in [-0.15, -0.1) is 0 Å². The number of hydrogen-bond donors (Lipinski definition) is 1. The van der Waals surface area contributed by atoms with Crippen LogP contribution >= 0.6 is 0 Å². The van der Waals surface area contributed by atoms with Crippen LogP contribution in [0.25, 0.3) is 11.0 Å². The molecule has 1 heterocycles. The first-order chi connectivity index (χ1) is 9.19. The predicted octanol–water partition coefficient (Wildman–Crippen LogP) is 4.62. The Bertz CT molecular complexity index is 566. The second kappa shape index (κ2) is 5.01. The van der Waals surface area contributed by atoms with Crippen LogP contribution in [0.4, 0.5) is 0 Å². The molecule has 1 aromatic carbocycles. The quantitative estimate of drug-likeness (QED) is 0.845. The highest BCUT2D eigenvalue weighted by atomic mass is 16.3. The molecule has 1 N–H and O–H groups in total. The van der Waals surface area contributed by atoms with Crippen LogP contribution in [-0.2, 0) is 0 Å². The molecule has 0 aliphatic heterocycles. The molecule has 1 unspecified atom stereocenters. The minimum Gasteiger partial charge on any atom is -0.459 e. The largest absolute Gasteiger partial charge is 0.459 e. The molecule has 1 aromatic heterocycles. The molecule has 19 heavy (non-hydrogen) atoms. The van der Waals surface area contributed by atoms with Crippen molar-refractivity contribution in [2.75, 3.05) is 6.54 Å². The van der Waals surface area contributed by atoms with E-state index in [-0.39, 0.29) is 0 Å². The maximum absolute atomic E-state index is 6.06. The first kappa shape index (κ1) is 12.7. The average Bonchev–Trinajstić information content (AvgIpc) is 3.13. The third-order valence-corrected chi connectivity index (χ3v) is 4.05. The highest BCUT2D eigenvalue weighted by Gasteiger charge is 2.33. The predicted molar refractivity (Wildman–Crippen MR) is 79.4 cm³/mol. The lowest BCUT2D eigenvalue weighted by Gasteiger charge is -2.13. The lowest BCUT2D eigenvalue weighted by molar-refractivity contribution is 0.403. The molecule has 0 saturated heterocycles. The third-order valence-electron chi connectivity index (χ3n) is 4.05. The van der Waals surface area contributed by atoms with Crippen LogP contribution in [0, 0.1) is 5.92 Å². The Morgan fingerprint density at radius 3 is 2.68 bits per heavy atom. The summed E-state index contributed by atoms with van der Waals surface area (Å²) < 4.78 is 6.06. The van der Waals surface area contributed by atoms with Gasteiger partial charge in [-0.1, -0.05) is 26.8 Å². The fourth-order valence-electron chi connectivity index (χ4n) is 2.74. The molecule has 0 spiro atoms. The zero-order valence-electron chi connectivity index (χ0n) is 12.1. The minimum atomic E-state index is 0.403. The maximum Gasteiger partial charge on any atom is 0.134 e. The van der Waals surface area contributed by atoms with Gasteiger partial charge in [-0.3, -0.25) is 0 Å². The van der Waals surface area contributed by atoms with Crippen molar-refractivity contribution in [1.29, 1.82) is 0 Å². The second-order valence-corrected chi connectivity index (χ2v) is 5.97. The number of rotatable bonds is 5. The summed E-state index contributed by atoms with van der Waals surface area (Å²) in [6.07, 6.45) is 2.65. The van der Waals surface area contributed by atoms with Gasteiger partial charge in [-0.25, -0.2) is 0 Å². The normalized spacial score (nSPS) is 17.3. The third kappa shape index (κ3) is 2.55. The Labute approximate surface area is 115 Å². The van der Waals surface area contributed by atoms with Gasteiger partial charge in [-0.05, 0) is 55.0 Å². The molecule has 0 bridgehead atoms. The molecule has 2 heteroatoms.